The number of hydrogen-bond acceptors (Lipinski definition) is 3. The second-order valence-electron chi connectivity index (χ2n) is 4.20. The van der Waals surface area contributed by atoms with Gasteiger partial charge in [0, 0.05) is 5.56 Å². The summed E-state index contributed by atoms with van der Waals surface area (Å²) in [6.07, 6.45) is 0. The third-order valence-corrected chi connectivity index (χ3v) is 2.57. The lowest BCUT2D eigenvalue weighted by Crippen LogP contribution is -2.47. The average molecular weight is 206 g/mol. The van der Waals surface area contributed by atoms with Crippen molar-refractivity contribution >= 4 is 17.3 Å². The molecule has 15 heavy (non-hydrogen) atoms. The number of benzene rings is 1. The molecule has 0 fully saturated rings. The molecule has 0 aromatic heterocycles. The largest absolute Gasteiger partial charge is 0.392 e. The van der Waals surface area contributed by atoms with Crippen LogP contribution in [0.5, 0.6) is 0 Å². The number of fused-ring (bicyclic) bond motifs is 1. The first-order valence-corrected chi connectivity index (χ1v) is 4.87. The van der Waals surface area contributed by atoms with Crippen molar-refractivity contribution in [2.45, 2.75) is 26.0 Å². The predicted molar refractivity (Wildman–Crippen MR) is 58.7 cm³/mol. The molecule has 1 aliphatic heterocycles. The molecule has 4 nitrogen and oxygen atoms in total. The molecule has 1 heterocycles. The van der Waals surface area contributed by atoms with Gasteiger partial charge in [0.25, 0.3) is 0 Å². The number of rotatable bonds is 1. The van der Waals surface area contributed by atoms with E-state index in [-0.39, 0.29) is 12.5 Å². The topological polar surface area (TPSA) is 61.4 Å². The first-order valence-electron chi connectivity index (χ1n) is 4.87. The number of carbonyl (C=O) groups excluding carboxylic acids is 1. The lowest BCUT2D eigenvalue weighted by atomic mass is 9.98. The fraction of sp³-hybridized carbons (Fsp3) is 0.364. The lowest BCUT2D eigenvalue weighted by molar-refractivity contribution is -0.119. The molecule has 0 atom stereocenters. The Morgan fingerprint density at radius 3 is 2.80 bits per heavy atom. The molecule has 0 aliphatic carbocycles. The Bertz CT molecular complexity index is 413. The van der Waals surface area contributed by atoms with Gasteiger partial charge in [-0.25, -0.2) is 0 Å². The van der Waals surface area contributed by atoms with Crippen LogP contribution in [-0.2, 0) is 11.4 Å². The highest BCUT2D eigenvalue weighted by molar-refractivity contribution is 6.05. The van der Waals surface area contributed by atoms with E-state index in [1.165, 1.54) is 0 Å². The highest BCUT2D eigenvalue weighted by atomic mass is 16.3. The zero-order chi connectivity index (χ0) is 11.1. The fourth-order valence-electron chi connectivity index (χ4n) is 1.63. The van der Waals surface area contributed by atoms with Gasteiger partial charge in [-0.05, 0) is 19.9 Å². The van der Waals surface area contributed by atoms with Crippen molar-refractivity contribution in [3.8, 4) is 0 Å². The number of para-hydroxylation sites is 1. The second-order valence-corrected chi connectivity index (χ2v) is 4.20. The van der Waals surface area contributed by atoms with Gasteiger partial charge in [0.05, 0.1) is 18.0 Å². The third-order valence-electron chi connectivity index (χ3n) is 2.57. The zero-order valence-electron chi connectivity index (χ0n) is 8.79. The van der Waals surface area contributed by atoms with Crippen molar-refractivity contribution in [2.75, 3.05) is 10.6 Å². The van der Waals surface area contributed by atoms with Crippen molar-refractivity contribution in [3.63, 3.8) is 0 Å². The van der Waals surface area contributed by atoms with Gasteiger partial charge in [0.2, 0.25) is 5.91 Å². The molecule has 0 unspecified atom stereocenters. The van der Waals surface area contributed by atoms with E-state index in [1.807, 2.05) is 18.2 Å². The first kappa shape index (κ1) is 9.98. The van der Waals surface area contributed by atoms with Gasteiger partial charge in [-0.1, -0.05) is 12.1 Å². The van der Waals surface area contributed by atoms with Crippen LogP contribution in [0.15, 0.2) is 18.2 Å². The van der Waals surface area contributed by atoms with Gasteiger partial charge in [-0.2, -0.15) is 0 Å². The maximum Gasteiger partial charge on any atom is 0.249 e. The molecular formula is C11H14N2O2. The van der Waals surface area contributed by atoms with E-state index >= 15 is 0 Å². The Labute approximate surface area is 88.3 Å². The molecule has 1 amide bonds. The van der Waals surface area contributed by atoms with Gasteiger partial charge in [-0.15, -0.1) is 0 Å². The zero-order valence-corrected chi connectivity index (χ0v) is 8.79. The first-order chi connectivity index (χ1) is 7.04. The monoisotopic (exact) mass is 206 g/mol. The summed E-state index contributed by atoms with van der Waals surface area (Å²) in [4.78, 5) is 11.6. The van der Waals surface area contributed by atoms with Crippen LogP contribution in [0.2, 0.25) is 0 Å². The van der Waals surface area contributed by atoms with E-state index in [4.69, 9.17) is 0 Å². The molecule has 1 aromatic carbocycles. The third kappa shape index (κ3) is 1.57. The van der Waals surface area contributed by atoms with Crippen LogP contribution in [0.4, 0.5) is 11.4 Å². The van der Waals surface area contributed by atoms with E-state index in [1.54, 1.807) is 13.8 Å². The van der Waals surface area contributed by atoms with Crippen LogP contribution in [0, 0.1) is 0 Å². The van der Waals surface area contributed by atoms with E-state index in [9.17, 15) is 9.90 Å². The van der Waals surface area contributed by atoms with Crippen molar-refractivity contribution in [1.29, 1.82) is 0 Å². The molecule has 3 N–H and O–H groups in total. The average Bonchev–Trinajstić information content (AvgIpc) is 2.18. The minimum atomic E-state index is -0.641. The van der Waals surface area contributed by atoms with Crippen LogP contribution in [-0.4, -0.2) is 16.6 Å². The summed E-state index contributed by atoms with van der Waals surface area (Å²) in [7, 11) is 0. The van der Waals surface area contributed by atoms with Gasteiger partial charge in [-0.3, -0.25) is 4.79 Å². The summed E-state index contributed by atoms with van der Waals surface area (Å²) >= 11 is 0. The minimum absolute atomic E-state index is 0.0396. The Hall–Kier alpha value is -1.55. The molecule has 0 saturated heterocycles. The Morgan fingerprint density at radius 1 is 1.40 bits per heavy atom. The van der Waals surface area contributed by atoms with Crippen molar-refractivity contribution in [1.82, 2.24) is 0 Å². The molecule has 2 rings (SSSR count). The van der Waals surface area contributed by atoms with E-state index < -0.39 is 5.54 Å². The highest BCUT2D eigenvalue weighted by Gasteiger charge is 2.33. The quantitative estimate of drug-likeness (QED) is 0.649. The second kappa shape index (κ2) is 3.24. The molecule has 0 radical (unpaired) electrons. The number of nitrogens with one attached hydrogen (secondary N) is 2. The maximum absolute atomic E-state index is 11.6. The lowest BCUT2D eigenvalue weighted by Gasteiger charge is -2.33. The van der Waals surface area contributed by atoms with E-state index in [0.717, 1.165) is 16.9 Å². The number of aliphatic hydroxyl groups excluding tert-OH is 1. The molecule has 0 saturated carbocycles. The number of carbonyl (C=O) groups is 1. The Balaban J connectivity index is 2.50. The summed E-state index contributed by atoms with van der Waals surface area (Å²) < 4.78 is 0. The molecule has 0 spiro atoms. The number of hydrogen-bond donors (Lipinski definition) is 3. The van der Waals surface area contributed by atoms with Crippen LogP contribution in [0.3, 0.4) is 0 Å². The van der Waals surface area contributed by atoms with Crippen molar-refractivity contribution in [2.24, 2.45) is 0 Å². The number of amides is 1. The Kier molecular flexibility index (Phi) is 2.16. The summed E-state index contributed by atoms with van der Waals surface area (Å²) in [5.41, 5.74) is 1.69. The van der Waals surface area contributed by atoms with Crippen molar-refractivity contribution in [3.05, 3.63) is 23.8 Å². The summed E-state index contributed by atoms with van der Waals surface area (Å²) in [5, 5.41) is 15.1. The molecule has 4 heteroatoms. The van der Waals surface area contributed by atoms with E-state index in [0.29, 0.717) is 0 Å². The molecular weight excluding hydrogens is 192 g/mol. The molecule has 0 bridgehead atoms. The smallest absolute Gasteiger partial charge is 0.249 e. The summed E-state index contributed by atoms with van der Waals surface area (Å²) in [6.45, 7) is 3.57. The van der Waals surface area contributed by atoms with Gasteiger partial charge >= 0.3 is 0 Å². The van der Waals surface area contributed by atoms with Gasteiger partial charge in [0.1, 0.15) is 5.54 Å². The normalized spacial score (nSPS) is 17.7. The van der Waals surface area contributed by atoms with Crippen LogP contribution >= 0.6 is 0 Å². The SMILES string of the molecule is CC1(C)Nc2c(CO)cccc2NC1=O. The van der Waals surface area contributed by atoms with Crippen LogP contribution in [0.1, 0.15) is 19.4 Å². The summed E-state index contributed by atoms with van der Waals surface area (Å²) in [6, 6.07) is 5.46. The molecule has 80 valence electrons. The van der Waals surface area contributed by atoms with E-state index in [2.05, 4.69) is 10.6 Å². The minimum Gasteiger partial charge on any atom is -0.392 e. The highest BCUT2D eigenvalue weighted by Crippen LogP contribution is 2.33. The van der Waals surface area contributed by atoms with Crippen LogP contribution in [0.25, 0.3) is 0 Å². The number of anilines is 2. The summed E-state index contributed by atoms with van der Waals surface area (Å²) in [5.74, 6) is -0.0647. The predicted octanol–water partition coefficient (Wildman–Crippen LogP) is 1.32. The van der Waals surface area contributed by atoms with Crippen molar-refractivity contribution < 1.29 is 9.90 Å². The van der Waals surface area contributed by atoms with Crippen LogP contribution < -0.4 is 10.6 Å². The van der Waals surface area contributed by atoms with Gasteiger partial charge in [0.15, 0.2) is 0 Å². The maximum atomic E-state index is 11.6. The standard InChI is InChI=1S/C11H14N2O2/c1-11(2)10(15)12-8-5-3-4-7(6-14)9(8)13-11/h3-5,13-14H,6H2,1-2H3,(H,12,15). The van der Waals surface area contributed by atoms with Gasteiger partial charge < -0.3 is 15.7 Å². The molecule has 1 aromatic rings. The fourth-order valence-corrected chi connectivity index (χ4v) is 1.63. The number of aliphatic hydroxyl groups is 1. The Morgan fingerprint density at radius 2 is 2.13 bits per heavy atom. The molecule has 1 aliphatic rings.